The first-order valence-electron chi connectivity index (χ1n) is 12.8. The Labute approximate surface area is 232 Å². The molecular weight excluding hydrogens is 544 g/mol. The van der Waals surface area contributed by atoms with Crippen LogP contribution in [0.25, 0.3) is 0 Å². The van der Waals surface area contributed by atoms with E-state index in [1.807, 2.05) is 13.8 Å². The number of hydrogen-bond donors (Lipinski definition) is 2. The van der Waals surface area contributed by atoms with Gasteiger partial charge in [-0.3, -0.25) is 19.7 Å². The van der Waals surface area contributed by atoms with Gasteiger partial charge in [-0.15, -0.1) is 11.3 Å². The maximum absolute atomic E-state index is 13.1. The summed E-state index contributed by atoms with van der Waals surface area (Å²) in [5.74, 6) is -1.38. The Kier molecular flexibility index (Phi) is 10.2. The first-order valence-corrected chi connectivity index (χ1v) is 15.1. The molecular formula is C26H34N4O7S2. The number of hydrogen-bond acceptors (Lipinski definition) is 8. The van der Waals surface area contributed by atoms with Crippen molar-refractivity contribution in [1.82, 2.24) is 14.5 Å². The predicted molar refractivity (Wildman–Crippen MR) is 147 cm³/mol. The highest BCUT2D eigenvalue weighted by Crippen LogP contribution is 2.37. The van der Waals surface area contributed by atoms with Gasteiger partial charge in [0, 0.05) is 37.0 Å². The van der Waals surface area contributed by atoms with E-state index in [0.29, 0.717) is 44.5 Å². The zero-order valence-corrected chi connectivity index (χ0v) is 24.2. The second-order valence-corrected chi connectivity index (χ2v) is 12.0. The van der Waals surface area contributed by atoms with Crippen LogP contribution in [0.1, 0.15) is 71.7 Å². The molecule has 3 rings (SSSR count). The molecule has 1 aliphatic rings. The van der Waals surface area contributed by atoms with Gasteiger partial charge >= 0.3 is 6.09 Å². The molecule has 0 spiro atoms. The van der Waals surface area contributed by atoms with Gasteiger partial charge in [-0.05, 0) is 56.0 Å². The molecule has 2 heterocycles. The van der Waals surface area contributed by atoms with E-state index in [-0.39, 0.29) is 40.1 Å². The number of alkyl carbamates (subject to hydrolysis) is 1. The lowest BCUT2D eigenvalue weighted by atomic mass is 10.0. The van der Waals surface area contributed by atoms with Crippen molar-refractivity contribution in [1.29, 1.82) is 0 Å². The summed E-state index contributed by atoms with van der Waals surface area (Å²) in [6.07, 6.45) is 0.838. The van der Waals surface area contributed by atoms with Crippen molar-refractivity contribution in [2.75, 3.05) is 31.6 Å². The Morgan fingerprint density at radius 2 is 1.67 bits per heavy atom. The summed E-state index contributed by atoms with van der Waals surface area (Å²) in [7, 11) is -3.70. The summed E-state index contributed by atoms with van der Waals surface area (Å²) >= 11 is 1.16. The van der Waals surface area contributed by atoms with E-state index >= 15 is 0 Å². The monoisotopic (exact) mass is 578 g/mol. The lowest BCUT2D eigenvalue weighted by molar-refractivity contribution is -0.129. The number of benzene rings is 1. The zero-order chi connectivity index (χ0) is 28.7. The van der Waals surface area contributed by atoms with Gasteiger partial charge in [-0.25, -0.2) is 13.2 Å². The number of ether oxygens (including phenoxy) is 1. The third-order valence-electron chi connectivity index (χ3n) is 6.15. The van der Waals surface area contributed by atoms with E-state index in [1.54, 1.807) is 11.8 Å². The van der Waals surface area contributed by atoms with E-state index in [9.17, 15) is 27.6 Å². The summed E-state index contributed by atoms with van der Waals surface area (Å²) in [4.78, 5) is 52.5. The van der Waals surface area contributed by atoms with Crippen LogP contribution in [0.2, 0.25) is 0 Å². The summed E-state index contributed by atoms with van der Waals surface area (Å²) < 4.78 is 32.3. The first-order chi connectivity index (χ1) is 18.5. The molecule has 4 amide bonds. The number of imide groups is 1. The third kappa shape index (κ3) is 7.02. The molecule has 0 saturated carbocycles. The smallest absolute Gasteiger partial charge is 0.414 e. The van der Waals surface area contributed by atoms with Crippen molar-refractivity contribution < 1.29 is 32.3 Å². The molecule has 11 nitrogen and oxygen atoms in total. The van der Waals surface area contributed by atoms with Crippen LogP contribution in [0.5, 0.6) is 0 Å². The van der Waals surface area contributed by atoms with Crippen molar-refractivity contribution in [2.45, 2.75) is 58.4 Å². The van der Waals surface area contributed by atoms with Gasteiger partial charge in [0.1, 0.15) is 5.00 Å². The number of anilines is 1. The maximum atomic E-state index is 13.1. The lowest BCUT2D eigenvalue weighted by Gasteiger charge is -2.26. The fourth-order valence-electron chi connectivity index (χ4n) is 4.28. The van der Waals surface area contributed by atoms with Gasteiger partial charge in [-0.2, -0.15) is 4.31 Å². The molecule has 39 heavy (non-hydrogen) atoms. The van der Waals surface area contributed by atoms with Crippen LogP contribution in [0, 0.1) is 0 Å². The third-order valence-corrected chi connectivity index (χ3v) is 9.19. The van der Waals surface area contributed by atoms with Gasteiger partial charge in [0.15, 0.2) is 0 Å². The number of thiophene rings is 1. The average Bonchev–Trinajstić information content (AvgIpc) is 3.25. The van der Waals surface area contributed by atoms with E-state index in [4.69, 9.17) is 4.74 Å². The Bertz CT molecular complexity index is 1330. The molecule has 0 bridgehead atoms. The number of carbonyl (C=O) groups is 4. The van der Waals surface area contributed by atoms with E-state index in [0.717, 1.165) is 16.2 Å². The van der Waals surface area contributed by atoms with Crippen LogP contribution in [-0.2, 0) is 32.5 Å². The average molecular weight is 579 g/mol. The highest BCUT2D eigenvalue weighted by atomic mass is 32.2. The number of sulfonamides is 1. The number of fused-ring (bicyclic) bond motifs is 1. The van der Waals surface area contributed by atoms with E-state index in [1.165, 1.54) is 35.5 Å². The van der Waals surface area contributed by atoms with Gasteiger partial charge < -0.3 is 15.0 Å². The Morgan fingerprint density at radius 1 is 1.03 bits per heavy atom. The SMILES string of the molecule is CCCN(CCC)S(=O)(=O)c1ccc(C(=O)Nc2sc3c(c2C(=O)NC(=O)OCC)CCN(C(C)=O)C3)cc1. The number of nitrogens with zero attached hydrogens (tertiary/aromatic N) is 2. The van der Waals surface area contributed by atoms with Crippen LogP contribution in [-0.4, -0.2) is 67.7 Å². The molecule has 0 unspecified atom stereocenters. The number of rotatable bonds is 10. The Balaban J connectivity index is 1.88. The zero-order valence-electron chi connectivity index (χ0n) is 22.5. The molecule has 2 aromatic rings. The van der Waals surface area contributed by atoms with Crippen LogP contribution < -0.4 is 10.6 Å². The largest absolute Gasteiger partial charge is 0.450 e. The molecule has 0 saturated heterocycles. The molecule has 2 N–H and O–H groups in total. The second-order valence-electron chi connectivity index (χ2n) is 8.96. The second kappa shape index (κ2) is 13.2. The van der Waals surface area contributed by atoms with Crippen LogP contribution in [0.3, 0.4) is 0 Å². The molecule has 1 aromatic carbocycles. The van der Waals surface area contributed by atoms with Gasteiger partial charge in [0.25, 0.3) is 11.8 Å². The number of nitrogens with one attached hydrogen (secondary N) is 2. The maximum Gasteiger partial charge on any atom is 0.414 e. The normalized spacial score (nSPS) is 13.1. The van der Waals surface area contributed by atoms with Crippen LogP contribution >= 0.6 is 11.3 Å². The van der Waals surface area contributed by atoms with Crippen molar-refractivity contribution >= 4 is 50.2 Å². The number of amides is 4. The Hall–Kier alpha value is -3.29. The van der Waals surface area contributed by atoms with Crippen molar-refractivity contribution in [3.8, 4) is 0 Å². The molecule has 0 fully saturated rings. The summed E-state index contributed by atoms with van der Waals surface area (Å²) in [5, 5.41) is 5.15. The summed E-state index contributed by atoms with van der Waals surface area (Å²) in [5.41, 5.74) is 0.997. The van der Waals surface area contributed by atoms with Crippen molar-refractivity contribution in [2.24, 2.45) is 0 Å². The van der Waals surface area contributed by atoms with Crippen LogP contribution in [0.15, 0.2) is 29.2 Å². The molecule has 0 radical (unpaired) electrons. The highest BCUT2D eigenvalue weighted by molar-refractivity contribution is 7.89. The van der Waals surface area contributed by atoms with Crippen molar-refractivity contribution in [3.63, 3.8) is 0 Å². The molecule has 13 heteroatoms. The van der Waals surface area contributed by atoms with Crippen LogP contribution in [0.4, 0.5) is 9.80 Å². The van der Waals surface area contributed by atoms with Gasteiger partial charge in [-0.1, -0.05) is 13.8 Å². The molecule has 1 aromatic heterocycles. The quantitative estimate of drug-likeness (QED) is 0.439. The fourth-order valence-corrected chi connectivity index (χ4v) is 7.16. The van der Waals surface area contributed by atoms with Gasteiger partial charge in [0.05, 0.1) is 23.6 Å². The fraction of sp³-hybridized carbons (Fsp3) is 0.462. The topological polar surface area (TPSA) is 142 Å². The number of carbonyl (C=O) groups excluding carboxylic acids is 4. The minimum absolute atomic E-state index is 0.0817. The minimum atomic E-state index is -3.70. The van der Waals surface area contributed by atoms with Crippen molar-refractivity contribution in [3.05, 3.63) is 45.8 Å². The van der Waals surface area contributed by atoms with E-state index in [2.05, 4.69) is 10.6 Å². The molecule has 0 aliphatic carbocycles. The van der Waals surface area contributed by atoms with Gasteiger partial charge in [0.2, 0.25) is 15.9 Å². The molecule has 212 valence electrons. The molecule has 0 atom stereocenters. The lowest BCUT2D eigenvalue weighted by Crippen LogP contribution is -2.35. The highest BCUT2D eigenvalue weighted by Gasteiger charge is 2.31. The summed E-state index contributed by atoms with van der Waals surface area (Å²) in [6, 6.07) is 5.62. The minimum Gasteiger partial charge on any atom is -0.450 e. The molecule has 1 aliphatic heterocycles. The Morgan fingerprint density at radius 3 is 2.23 bits per heavy atom. The standard InChI is InChI=1S/C26H34N4O7S2/c1-5-13-30(14-6-2)39(35,36)19-10-8-18(9-11-19)23(32)27-25-22(24(33)28-26(34)37-7-3)20-12-15-29(17(4)31)16-21(20)38-25/h8-11H,5-7,12-16H2,1-4H3,(H,27,32)(H,28,33,34). The predicted octanol–water partition coefficient (Wildman–Crippen LogP) is 3.60. The summed E-state index contributed by atoms with van der Waals surface area (Å²) in [6.45, 7) is 8.46. The van der Waals surface area contributed by atoms with E-state index < -0.39 is 27.9 Å². The first kappa shape index (κ1) is 30.3.